The number of piperidine rings is 1. The predicted octanol–water partition coefficient (Wildman–Crippen LogP) is 5.03. The molecule has 4 aliphatic rings. The number of esters is 1. The van der Waals surface area contributed by atoms with Gasteiger partial charge in [-0.15, -0.1) is 6.58 Å². The van der Waals surface area contributed by atoms with Gasteiger partial charge in [0, 0.05) is 52.0 Å². The van der Waals surface area contributed by atoms with Crippen LogP contribution in [0.3, 0.4) is 0 Å². The highest BCUT2D eigenvalue weighted by molar-refractivity contribution is 6.39. The molecule has 1 saturated carbocycles. The molecule has 0 unspecified atom stereocenters. The Balaban J connectivity index is 1.78. The van der Waals surface area contributed by atoms with Crippen LogP contribution in [-0.4, -0.2) is 126 Å². The summed E-state index contributed by atoms with van der Waals surface area (Å²) in [6.07, 6.45) is 5.87. The minimum absolute atomic E-state index is 0.00945. The van der Waals surface area contributed by atoms with Crippen LogP contribution in [0, 0.1) is 29.6 Å². The van der Waals surface area contributed by atoms with Crippen molar-refractivity contribution in [3.05, 3.63) is 36.0 Å². The number of aliphatic hydroxyl groups is 3. The number of cyclic esters (lactones) is 1. The Kier molecular flexibility index (Phi) is 17.9. The number of Topliss-reactive ketones (excluding diaryl/α,β-unsaturated/α-hetero) is 2. The van der Waals surface area contributed by atoms with Crippen molar-refractivity contribution in [2.75, 3.05) is 27.9 Å². The van der Waals surface area contributed by atoms with Gasteiger partial charge in [0.1, 0.15) is 24.0 Å². The van der Waals surface area contributed by atoms with E-state index >= 15 is 0 Å². The molecule has 3 heterocycles. The molecule has 14 atom stereocenters. The van der Waals surface area contributed by atoms with Crippen molar-refractivity contribution in [3.8, 4) is 0 Å². The van der Waals surface area contributed by atoms with Crippen LogP contribution in [0.2, 0.25) is 0 Å². The second-order valence-electron chi connectivity index (χ2n) is 17.6. The first-order valence-electron chi connectivity index (χ1n) is 21.4. The highest BCUT2D eigenvalue weighted by Crippen LogP contribution is 2.39. The Bertz CT molecular complexity index is 1500. The van der Waals surface area contributed by atoms with Crippen molar-refractivity contribution in [3.63, 3.8) is 0 Å². The van der Waals surface area contributed by atoms with Gasteiger partial charge in [-0.05, 0) is 102 Å². The number of allylic oxidation sites excluding steroid dienone is 4. The Morgan fingerprint density at radius 2 is 1.60 bits per heavy atom. The summed E-state index contributed by atoms with van der Waals surface area (Å²) in [5.74, 6) is -7.65. The maximum absolute atomic E-state index is 14.3. The molecule has 328 valence electrons. The van der Waals surface area contributed by atoms with E-state index in [4.69, 9.17) is 23.7 Å². The molecule has 1 aliphatic carbocycles. The highest BCUT2D eigenvalue weighted by Gasteiger charge is 2.56. The fourth-order valence-electron chi connectivity index (χ4n) is 9.59. The summed E-state index contributed by atoms with van der Waals surface area (Å²) in [5, 5.41) is 34.2. The quantitative estimate of drug-likeness (QED) is 0.169. The molecule has 2 bridgehead atoms. The zero-order valence-corrected chi connectivity index (χ0v) is 36.1. The molecule has 3 fully saturated rings. The number of amides is 1. The van der Waals surface area contributed by atoms with E-state index in [1.54, 1.807) is 27.0 Å². The Morgan fingerprint density at radius 1 is 0.931 bits per heavy atom. The predicted molar refractivity (Wildman–Crippen MR) is 217 cm³/mol. The van der Waals surface area contributed by atoms with Crippen molar-refractivity contribution >= 4 is 23.4 Å². The largest absolute Gasteiger partial charge is 0.456 e. The summed E-state index contributed by atoms with van der Waals surface area (Å²) < 4.78 is 29.8. The second-order valence-corrected chi connectivity index (χ2v) is 17.6. The van der Waals surface area contributed by atoms with Gasteiger partial charge >= 0.3 is 5.97 Å². The number of rotatable bonds is 8. The fourth-order valence-corrected chi connectivity index (χ4v) is 9.59. The number of aliphatic hydroxyl groups excluding tert-OH is 2. The van der Waals surface area contributed by atoms with Crippen molar-refractivity contribution in [1.29, 1.82) is 0 Å². The van der Waals surface area contributed by atoms with Crippen LogP contribution in [0.15, 0.2) is 36.0 Å². The van der Waals surface area contributed by atoms with E-state index in [0.717, 1.165) is 5.57 Å². The summed E-state index contributed by atoms with van der Waals surface area (Å²) in [6, 6.07) is -1.14. The van der Waals surface area contributed by atoms with Crippen LogP contribution in [0.5, 0.6) is 0 Å². The second kappa shape index (κ2) is 21.7. The summed E-state index contributed by atoms with van der Waals surface area (Å²) >= 11 is 0. The molecular formula is C45H71NO12. The number of hydrogen-bond donors (Lipinski definition) is 3. The average molecular weight is 818 g/mol. The molecule has 0 radical (unpaired) electrons. The smallest absolute Gasteiger partial charge is 0.329 e. The molecule has 0 spiro atoms. The summed E-state index contributed by atoms with van der Waals surface area (Å²) in [7, 11) is 4.62. The normalized spacial score (nSPS) is 40.5. The first kappa shape index (κ1) is 47.9. The van der Waals surface area contributed by atoms with E-state index in [1.807, 2.05) is 32.9 Å². The molecule has 1 amide bonds. The first-order valence-corrected chi connectivity index (χ1v) is 21.4. The number of ketones is 2. The topological polar surface area (TPSA) is 178 Å². The zero-order chi connectivity index (χ0) is 42.9. The maximum Gasteiger partial charge on any atom is 0.329 e. The summed E-state index contributed by atoms with van der Waals surface area (Å²) in [4.78, 5) is 58.0. The van der Waals surface area contributed by atoms with Gasteiger partial charge in [0.2, 0.25) is 5.79 Å². The average Bonchev–Trinajstić information content (AvgIpc) is 3.20. The molecule has 0 aromatic heterocycles. The minimum atomic E-state index is -2.51. The lowest BCUT2D eigenvalue weighted by atomic mass is 9.81. The molecule has 3 aliphatic heterocycles. The third kappa shape index (κ3) is 11.5. The van der Waals surface area contributed by atoms with Crippen LogP contribution < -0.4 is 0 Å². The van der Waals surface area contributed by atoms with Crippen LogP contribution in [-0.2, 0) is 42.9 Å². The standard InChI is InChI=1S/C45H71NO12/c1-10-11-14-32-20-26(2)19-27(3)21-38(55-8)41-39(56-9)23-29(5)45(53,58-41)42(50)43(51)46-18-13-12-15-33(46)44(52)57-40(30(6)35(48)25-36(32)49)28(4)22-31-16-17-34(47)37(24-31)54-7/h10,20,22,27,29-35,37-41,47-48,53H,1,11-19,21,23-25H2,2-9H3/b26-20+,28-22+/t27-,29+,30+,31-,32+,33-,34+,35-,37+,38-,39-,40+,41+,45+/m0/s1. The van der Waals surface area contributed by atoms with Crippen molar-refractivity contribution < 1.29 is 58.2 Å². The van der Waals surface area contributed by atoms with E-state index in [2.05, 4.69) is 6.58 Å². The Morgan fingerprint density at radius 3 is 2.26 bits per heavy atom. The van der Waals surface area contributed by atoms with Gasteiger partial charge in [-0.1, -0.05) is 44.6 Å². The molecule has 2 saturated heterocycles. The van der Waals surface area contributed by atoms with E-state index in [0.29, 0.717) is 63.4 Å². The van der Waals surface area contributed by atoms with E-state index in [1.165, 1.54) is 19.1 Å². The number of hydrogen-bond acceptors (Lipinski definition) is 12. The van der Waals surface area contributed by atoms with E-state index in [9.17, 15) is 34.5 Å². The summed E-state index contributed by atoms with van der Waals surface area (Å²) in [6.45, 7) is 13.2. The maximum atomic E-state index is 14.3. The number of carbonyl (C=O) groups is 4. The summed E-state index contributed by atoms with van der Waals surface area (Å²) in [5.41, 5.74) is 1.64. The van der Waals surface area contributed by atoms with Crippen molar-refractivity contribution in [2.45, 2.75) is 166 Å². The SMILES string of the molecule is C=CCC[C@@H]1/C=C(\C)C[C@H](C)C[C@H](OC)[C@H]2O[C@@](O)(C(=O)C(=O)N3CCCC[C@H]3C(=O)O[C@H](/C(C)=C/[C@@H]3CC[C@@H](O)[C@H](OC)C3)[C@H](C)[C@@H](O)CC1=O)[C@H](C)C[C@@H]2OC. The third-order valence-corrected chi connectivity index (χ3v) is 13.1. The van der Waals surface area contributed by atoms with Gasteiger partial charge in [-0.2, -0.15) is 0 Å². The van der Waals surface area contributed by atoms with Crippen LogP contribution in [0.4, 0.5) is 0 Å². The van der Waals surface area contributed by atoms with Gasteiger partial charge in [-0.25, -0.2) is 4.79 Å². The number of carbonyl (C=O) groups excluding carboxylic acids is 4. The van der Waals surface area contributed by atoms with Crippen molar-refractivity contribution in [1.82, 2.24) is 4.90 Å². The van der Waals surface area contributed by atoms with Gasteiger partial charge < -0.3 is 43.9 Å². The Hall–Kier alpha value is -2.78. The zero-order valence-electron chi connectivity index (χ0n) is 36.1. The van der Waals surface area contributed by atoms with Gasteiger partial charge in [0.25, 0.3) is 11.7 Å². The molecular weight excluding hydrogens is 746 g/mol. The molecule has 58 heavy (non-hydrogen) atoms. The molecule has 4 rings (SSSR count). The Labute approximate surface area is 345 Å². The molecule has 0 aromatic rings. The monoisotopic (exact) mass is 817 g/mol. The van der Waals surface area contributed by atoms with Crippen LogP contribution in [0.1, 0.15) is 112 Å². The lowest BCUT2D eigenvalue weighted by molar-refractivity contribution is -0.302. The lowest BCUT2D eigenvalue weighted by Gasteiger charge is -2.47. The third-order valence-electron chi connectivity index (χ3n) is 13.1. The minimum Gasteiger partial charge on any atom is -0.456 e. The molecule has 13 heteroatoms. The van der Waals surface area contributed by atoms with Crippen LogP contribution in [0.25, 0.3) is 0 Å². The number of methoxy groups -OCH3 is 3. The van der Waals surface area contributed by atoms with Crippen molar-refractivity contribution in [2.24, 2.45) is 29.6 Å². The lowest BCUT2D eigenvalue weighted by Crippen LogP contribution is -2.64. The first-order chi connectivity index (χ1) is 27.5. The van der Waals surface area contributed by atoms with Gasteiger partial charge in [-0.3, -0.25) is 14.4 Å². The van der Waals surface area contributed by atoms with Crippen LogP contribution >= 0.6 is 0 Å². The number of nitrogens with zero attached hydrogens (tertiary/aromatic N) is 1. The van der Waals surface area contributed by atoms with Gasteiger partial charge in [0.05, 0.1) is 30.5 Å². The molecule has 13 nitrogen and oxygen atoms in total. The molecule has 3 N–H and O–H groups in total. The van der Waals surface area contributed by atoms with Gasteiger partial charge in [0.15, 0.2) is 0 Å². The fraction of sp³-hybridized carbons (Fsp3) is 0.778. The van der Waals surface area contributed by atoms with E-state index in [-0.39, 0.29) is 49.5 Å². The van der Waals surface area contributed by atoms with E-state index < -0.39 is 83.9 Å². The highest BCUT2D eigenvalue weighted by atomic mass is 16.7. The number of fused-ring (bicyclic) bond motifs is 3. The number of ether oxygens (including phenoxy) is 5. The molecule has 0 aromatic carbocycles.